The first kappa shape index (κ1) is 29.9. The molecule has 1 fully saturated rings. The molecule has 1 saturated heterocycles. The van der Waals surface area contributed by atoms with Crippen LogP contribution < -0.4 is 5.32 Å². The number of β-amino-alcohol motifs (C(OH)–C–C–N with tert-alkyl or cyclic N) is 1. The molecular formula is C28H33FN4O8. The van der Waals surface area contributed by atoms with Crippen molar-refractivity contribution in [3.05, 3.63) is 52.1 Å². The van der Waals surface area contributed by atoms with E-state index in [0.29, 0.717) is 67.4 Å². The number of fused-ring (bicyclic) bond motifs is 2. The van der Waals surface area contributed by atoms with Gasteiger partial charge in [0.1, 0.15) is 12.0 Å². The van der Waals surface area contributed by atoms with E-state index >= 15 is 0 Å². The predicted molar refractivity (Wildman–Crippen MR) is 146 cm³/mol. The average Bonchev–Trinajstić information content (AvgIpc) is 3.36. The maximum Gasteiger partial charge on any atom is 0.303 e. The Bertz CT molecular complexity index is 1350. The molecule has 2 aromatic rings. The number of carboxylic acids is 2. The molecule has 1 aromatic heterocycles. The Morgan fingerprint density at radius 2 is 1.80 bits per heavy atom. The number of carboxylic acid groups (broad SMARTS) is 2. The number of aromatic amines is 1. The van der Waals surface area contributed by atoms with Gasteiger partial charge in [0.2, 0.25) is 0 Å². The Balaban J connectivity index is 0.000000426. The first-order valence-corrected chi connectivity index (χ1v) is 13.3. The molecule has 0 saturated carbocycles. The molecule has 220 valence electrons. The monoisotopic (exact) mass is 572 g/mol. The van der Waals surface area contributed by atoms with Crippen LogP contribution in [0.1, 0.15) is 52.1 Å². The Kier molecular flexibility index (Phi) is 9.53. The van der Waals surface area contributed by atoms with Gasteiger partial charge in [-0.15, -0.1) is 0 Å². The molecule has 12 nitrogen and oxygen atoms in total. The van der Waals surface area contributed by atoms with Crippen LogP contribution in [0.4, 0.5) is 10.1 Å². The lowest BCUT2D eigenvalue weighted by Crippen LogP contribution is -2.50. The zero-order valence-electron chi connectivity index (χ0n) is 22.6. The Labute approximate surface area is 235 Å². The van der Waals surface area contributed by atoms with Crippen LogP contribution in [0.15, 0.2) is 18.2 Å². The van der Waals surface area contributed by atoms with E-state index in [2.05, 4.69) is 10.3 Å². The molecule has 0 spiro atoms. The van der Waals surface area contributed by atoms with E-state index in [1.165, 1.54) is 12.1 Å². The Hall–Kier alpha value is -4.07. The summed E-state index contributed by atoms with van der Waals surface area (Å²) in [6.45, 7) is 5.07. The number of hydrogen-bond acceptors (Lipinski definition) is 7. The van der Waals surface area contributed by atoms with Crippen molar-refractivity contribution in [2.45, 2.75) is 38.8 Å². The third kappa shape index (κ3) is 7.17. The van der Waals surface area contributed by atoms with E-state index < -0.39 is 24.0 Å². The van der Waals surface area contributed by atoms with E-state index in [-0.39, 0.29) is 31.2 Å². The molecule has 3 aliphatic heterocycles. The predicted octanol–water partition coefficient (Wildman–Crippen LogP) is 1.93. The normalized spacial score (nSPS) is 18.6. The summed E-state index contributed by atoms with van der Waals surface area (Å²) in [6.07, 6.45) is 1.80. The Morgan fingerprint density at radius 1 is 1.12 bits per heavy atom. The van der Waals surface area contributed by atoms with Crippen LogP contribution in [0.3, 0.4) is 0 Å². The number of morpholine rings is 1. The summed E-state index contributed by atoms with van der Waals surface area (Å²) < 4.78 is 19.1. The van der Waals surface area contributed by atoms with Crippen molar-refractivity contribution >= 4 is 41.1 Å². The summed E-state index contributed by atoms with van der Waals surface area (Å²) in [5, 5.41) is 29.2. The number of carbonyl (C=O) groups is 4. The van der Waals surface area contributed by atoms with Crippen LogP contribution in [0.5, 0.6) is 0 Å². The lowest BCUT2D eigenvalue weighted by Gasteiger charge is -2.34. The smallest absolute Gasteiger partial charge is 0.303 e. The van der Waals surface area contributed by atoms with Gasteiger partial charge in [-0.05, 0) is 49.6 Å². The SMILES string of the molecule is Cc1c(/C=C2\C(=O)Nc3ccc(F)cc32)[nH]c2c1C(=O)N(C[C@H](O)N1CCOCC1)CCC2.O=C(O)CCC(=O)O. The largest absolute Gasteiger partial charge is 0.481 e. The van der Waals surface area contributed by atoms with Crippen LogP contribution in [0.2, 0.25) is 0 Å². The second-order valence-electron chi connectivity index (χ2n) is 9.99. The number of ether oxygens (including phenoxy) is 1. The lowest BCUT2D eigenvalue weighted by molar-refractivity contribution is -0.143. The molecule has 3 aliphatic rings. The standard InChI is InChI=1S/C24H27FN4O4.C4H6O4/c1-14-20(12-17-16-11-15(25)4-5-18(16)27-23(17)31)26-19-3-2-6-29(24(32)22(14)19)13-21(30)28-7-9-33-10-8-28;5-3(6)1-2-4(7)8/h4-5,11-12,21,26,30H,2-3,6-10,13H2,1H3,(H,27,31);1-2H2,(H,5,6)(H,7,8)/b17-12-;/t21-;/m0./s1. The molecule has 0 radical (unpaired) electrons. The van der Waals surface area contributed by atoms with E-state index in [1.807, 2.05) is 11.8 Å². The number of H-pyrrole nitrogens is 1. The van der Waals surface area contributed by atoms with Gasteiger partial charge in [-0.25, -0.2) is 4.39 Å². The fourth-order valence-electron chi connectivity index (χ4n) is 5.03. The molecule has 0 aliphatic carbocycles. The van der Waals surface area contributed by atoms with E-state index in [1.54, 1.807) is 17.0 Å². The molecule has 1 aromatic carbocycles. The molecule has 2 amide bonds. The molecule has 1 atom stereocenters. The third-order valence-corrected chi connectivity index (χ3v) is 7.18. The summed E-state index contributed by atoms with van der Waals surface area (Å²) in [4.78, 5) is 52.2. The summed E-state index contributed by atoms with van der Waals surface area (Å²) in [5.74, 6) is -3.00. The number of anilines is 1. The summed E-state index contributed by atoms with van der Waals surface area (Å²) in [6, 6.07) is 4.19. The van der Waals surface area contributed by atoms with Gasteiger partial charge in [-0.3, -0.25) is 24.1 Å². The van der Waals surface area contributed by atoms with Crippen molar-refractivity contribution < 1.29 is 43.6 Å². The van der Waals surface area contributed by atoms with Crippen molar-refractivity contribution in [1.29, 1.82) is 0 Å². The maximum absolute atomic E-state index is 13.8. The summed E-state index contributed by atoms with van der Waals surface area (Å²) >= 11 is 0. The molecule has 13 heteroatoms. The number of benzene rings is 1. The number of aliphatic hydroxyl groups is 1. The van der Waals surface area contributed by atoms with Crippen molar-refractivity contribution in [3.63, 3.8) is 0 Å². The number of halogens is 1. The van der Waals surface area contributed by atoms with Gasteiger partial charge in [0.15, 0.2) is 0 Å². The maximum atomic E-state index is 13.8. The van der Waals surface area contributed by atoms with Gasteiger partial charge < -0.3 is 35.3 Å². The zero-order valence-corrected chi connectivity index (χ0v) is 22.6. The minimum Gasteiger partial charge on any atom is -0.481 e. The Morgan fingerprint density at radius 3 is 2.46 bits per heavy atom. The highest BCUT2D eigenvalue weighted by Crippen LogP contribution is 2.35. The van der Waals surface area contributed by atoms with Gasteiger partial charge >= 0.3 is 11.9 Å². The van der Waals surface area contributed by atoms with Crippen LogP contribution in [0, 0.1) is 12.7 Å². The fraction of sp³-hybridized carbons (Fsp3) is 0.429. The molecule has 0 unspecified atom stereocenters. The first-order valence-electron chi connectivity index (χ1n) is 13.3. The van der Waals surface area contributed by atoms with Crippen LogP contribution in [0.25, 0.3) is 11.6 Å². The van der Waals surface area contributed by atoms with E-state index in [4.69, 9.17) is 14.9 Å². The molecule has 5 N–H and O–H groups in total. The number of nitrogens with zero attached hydrogens (tertiary/aromatic N) is 2. The first-order chi connectivity index (χ1) is 19.5. The number of aryl methyl sites for hydroxylation is 1. The highest BCUT2D eigenvalue weighted by atomic mass is 19.1. The summed E-state index contributed by atoms with van der Waals surface area (Å²) in [5.41, 5.74) is 4.25. The summed E-state index contributed by atoms with van der Waals surface area (Å²) in [7, 11) is 0. The van der Waals surface area contributed by atoms with Crippen LogP contribution in [-0.2, 0) is 25.5 Å². The highest BCUT2D eigenvalue weighted by molar-refractivity contribution is 6.34. The van der Waals surface area contributed by atoms with Gasteiger partial charge in [0.05, 0.1) is 43.7 Å². The third-order valence-electron chi connectivity index (χ3n) is 7.18. The molecule has 0 bridgehead atoms. The zero-order chi connectivity index (χ0) is 29.7. The number of nitrogens with one attached hydrogen (secondary N) is 2. The second-order valence-corrected chi connectivity index (χ2v) is 9.99. The number of aliphatic carboxylic acids is 2. The average molecular weight is 573 g/mol. The molecular weight excluding hydrogens is 539 g/mol. The van der Waals surface area contributed by atoms with Gasteiger partial charge in [0.25, 0.3) is 11.8 Å². The molecule has 41 heavy (non-hydrogen) atoms. The molecule has 4 heterocycles. The topological polar surface area (TPSA) is 172 Å². The number of aromatic nitrogens is 1. The minimum atomic E-state index is -1.08. The number of carbonyl (C=O) groups excluding carboxylic acids is 2. The van der Waals surface area contributed by atoms with Crippen molar-refractivity contribution in [1.82, 2.24) is 14.8 Å². The van der Waals surface area contributed by atoms with Gasteiger partial charge in [-0.2, -0.15) is 0 Å². The quantitative estimate of drug-likeness (QED) is 0.311. The van der Waals surface area contributed by atoms with Crippen molar-refractivity contribution in [2.75, 3.05) is 44.7 Å². The van der Waals surface area contributed by atoms with Crippen molar-refractivity contribution in [2.24, 2.45) is 0 Å². The van der Waals surface area contributed by atoms with Gasteiger partial charge in [0, 0.05) is 42.3 Å². The molecule has 5 rings (SSSR count). The van der Waals surface area contributed by atoms with E-state index in [9.17, 15) is 28.7 Å². The van der Waals surface area contributed by atoms with Gasteiger partial charge in [-0.1, -0.05) is 0 Å². The van der Waals surface area contributed by atoms with Crippen LogP contribution in [-0.4, -0.2) is 99.5 Å². The second kappa shape index (κ2) is 13.1. The lowest BCUT2D eigenvalue weighted by atomic mass is 10.0. The number of aliphatic hydroxyl groups excluding tert-OH is 1. The number of hydrogen-bond donors (Lipinski definition) is 5. The number of amides is 2. The van der Waals surface area contributed by atoms with Crippen LogP contribution >= 0.6 is 0 Å². The minimum absolute atomic E-state index is 0.129. The van der Waals surface area contributed by atoms with Crippen molar-refractivity contribution in [3.8, 4) is 0 Å². The van der Waals surface area contributed by atoms with E-state index in [0.717, 1.165) is 17.7 Å². The fourth-order valence-corrected chi connectivity index (χ4v) is 5.03. The highest BCUT2D eigenvalue weighted by Gasteiger charge is 2.31. The number of rotatable bonds is 7.